The van der Waals surface area contributed by atoms with Crippen LogP contribution in [0.25, 0.3) is 5.57 Å². The highest BCUT2D eigenvalue weighted by Gasteiger charge is 2.48. The Balaban J connectivity index is 1.85. The van der Waals surface area contributed by atoms with Gasteiger partial charge in [0.05, 0.1) is 10.6 Å². The molecule has 1 aliphatic heterocycles. The van der Waals surface area contributed by atoms with Crippen molar-refractivity contribution in [3.8, 4) is 11.6 Å². The Hall–Kier alpha value is -2.58. The van der Waals surface area contributed by atoms with E-state index in [4.69, 9.17) is 21.1 Å². The molecule has 1 aliphatic carbocycles. The number of rotatable bonds is 4. The van der Waals surface area contributed by atoms with Crippen molar-refractivity contribution in [2.24, 2.45) is 0 Å². The van der Waals surface area contributed by atoms with E-state index in [9.17, 15) is 23.1 Å². The van der Waals surface area contributed by atoms with Crippen LogP contribution in [0.4, 0.5) is 13.2 Å². The maximum Gasteiger partial charge on any atom is 0.421 e. The van der Waals surface area contributed by atoms with Crippen LogP contribution in [0.2, 0.25) is 5.02 Å². The minimum absolute atomic E-state index is 0.0462. The lowest BCUT2D eigenvalue weighted by Crippen LogP contribution is -2.49. The summed E-state index contributed by atoms with van der Waals surface area (Å²) in [5.74, 6) is -1.07. The normalized spacial score (nSPS) is 20.2. The maximum atomic E-state index is 13.5. The van der Waals surface area contributed by atoms with E-state index in [2.05, 4.69) is 4.98 Å². The lowest BCUT2D eigenvalue weighted by molar-refractivity contribution is -0.158. The van der Waals surface area contributed by atoms with Crippen molar-refractivity contribution in [3.63, 3.8) is 0 Å². The summed E-state index contributed by atoms with van der Waals surface area (Å²) in [6.45, 7) is 6.55. The second kappa shape index (κ2) is 7.74. The molecule has 0 atom stereocenters. The number of hydrogen-bond donors (Lipinski definition) is 1. The van der Waals surface area contributed by atoms with Gasteiger partial charge in [-0.15, -0.1) is 0 Å². The third kappa shape index (κ3) is 4.46. The fourth-order valence-corrected chi connectivity index (χ4v) is 4.24. The van der Waals surface area contributed by atoms with Gasteiger partial charge in [-0.1, -0.05) is 17.7 Å². The monoisotopic (exact) mass is 481 g/mol. The maximum absolute atomic E-state index is 13.5. The first-order valence-electron chi connectivity index (χ1n) is 10.4. The minimum Gasteiger partial charge on any atom is -0.508 e. The molecule has 0 saturated heterocycles. The number of carbonyl (C=O) groups excluding carboxylic acids is 1. The lowest BCUT2D eigenvalue weighted by atomic mass is 9.81. The molecule has 2 aromatic rings. The number of carbonyl (C=O) groups is 1. The highest BCUT2D eigenvalue weighted by molar-refractivity contribution is 6.30. The number of nitrogens with zero attached hydrogens (tertiary/aromatic N) is 1. The number of halogens is 4. The first kappa shape index (κ1) is 23.6. The molecular formula is C24H23ClF3NO4. The summed E-state index contributed by atoms with van der Waals surface area (Å²) in [5.41, 5.74) is -2.12. The molecule has 0 unspecified atom stereocenters. The number of hydrogen-bond acceptors (Lipinski definition) is 5. The molecule has 1 aromatic carbocycles. The van der Waals surface area contributed by atoms with Crippen LogP contribution >= 0.6 is 11.6 Å². The van der Waals surface area contributed by atoms with Crippen LogP contribution in [-0.2, 0) is 15.7 Å². The molecule has 176 valence electrons. The van der Waals surface area contributed by atoms with Gasteiger partial charge in [-0.05, 0) is 75.8 Å². The van der Waals surface area contributed by atoms with Crippen molar-refractivity contribution >= 4 is 23.0 Å². The number of benzene rings is 1. The second-order valence-electron chi connectivity index (χ2n) is 9.30. The largest absolute Gasteiger partial charge is 0.508 e. The van der Waals surface area contributed by atoms with E-state index in [0.29, 0.717) is 5.56 Å². The highest BCUT2D eigenvalue weighted by atomic mass is 35.5. The molecule has 1 saturated carbocycles. The zero-order valence-corrected chi connectivity index (χ0v) is 19.3. The van der Waals surface area contributed by atoms with Crippen LogP contribution in [0.15, 0.2) is 36.2 Å². The predicted molar refractivity (Wildman–Crippen MR) is 117 cm³/mol. The fourth-order valence-electron chi connectivity index (χ4n) is 4.08. The number of Topliss-reactive ketones (excluding diaryl/α,β-unsaturated/α-hetero) is 1. The molecule has 0 amide bonds. The SMILES string of the molecule is CC1(C)OC(C)(C)C(O)=C(c2cc(Oc3ncc(Cl)cc3C(F)(F)F)ccc2C2CC2)C1=O. The van der Waals surface area contributed by atoms with Crippen LogP contribution in [0, 0.1) is 0 Å². The van der Waals surface area contributed by atoms with Gasteiger partial charge in [-0.2, -0.15) is 13.2 Å². The fraction of sp³-hybridized carbons (Fsp3) is 0.417. The van der Waals surface area contributed by atoms with Gasteiger partial charge in [-0.25, -0.2) is 4.98 Å². The molecule has 0 bridgehead atoms. The van der Waals surface area contributed by atoms with Gasteiger partial charge < -0.3 is 14.6 Å². The number of aliphatic hydroxyl groups is 1. The number of aliphatic hydroxyl groups excluding tert-OH is 1. The Bertz CT molecular complexity index is 1170. The summed E-state index contributed by atoms with van der Waals surface area (Å²) in [6, 6.07) is 5.47. The third-order valence-electron chi connectivity index (χ3n) is 5.74. The number of alkyl halides is 3. The Labute approximate surface area is 194 Å². The van der Waals surface area contributed by atoms with Gasteiger partial charge in [-0.3, -0.25) is 4.79 Å². The molecular weight excluding hydrogens is 459 g/mol. The van der Waals surface area contributed by atoms with Gasteiger partial charge in [0.2, 0.25) is 5.88 Å². The molecule has 2 aliphatic rings. The van der Waals surface area contributed by atoms with Crippen LogP contribution in [0.3, 0.4) is 0 Å². The number of ether oxygens (including phenoxy) is 2. The van der Waals surface area contributed by atoms with Crippen molar-refractivity contribution < 1.29 is 32.5 Å². The Kier molecular flexibility index (Phi) is 5.53. The van der Waals surface area contributed by atoms with Crippen molar-refractivity contribution in [2.45, 2.75) is 63.8 Å². The summed E-state index contributed by atoms with van der Waals surface area (Å²) in [4.78, 5) is 17.0. The molecule has 1 N–H and O–H groups in total. The summed E-state index contributed by atoms with van der Waals surface area (Å²) in [5, 5.41) is 10.8. The van der Waals surface area contributed by atoms with E-state index in [1.54, 1.807) is 33.8 Å². The van der Waals surface area contributed by atoms with E-state index in [-0.39, 0.29) is 28.0 Å². The smallest absolute Gasteiger partial charge is 0.421 e. The molecule has 4 rings (SSSR count). The van der Waals surface area contributed by atoms with Crippen molar-refractivity contribution in [1.82, 2.24) is 4.98 Å². The van der Waals surface area contributed by atoms with E-state index in [1.807, 2.05) is 0 Å². The van der Waals surface area contributed by atoms with Crippen molar-refractivity contribution in [2.75, 3.05) is 0 Å². The van der Waals surface area contributed by atoms with Crippen LogP contribution in [0.1, 0.15) is 63.1 Å². The molecule has 0 spiro atoms. The molecule has 2 heterocycles. The van der Waals surface area contributed by atoms with Crippen LogP contribution < -0.4 is 4.74 Å². The lowest BCUT2D eigenvalue weighted by Gasteiger charge is -2.40. The highest BCUT2D eigenvalue weighted by Crippen LogP contribution is 2.48. The summed E-state index contributed by atoms with van der Waals surface area (Å²) in [7, 11) is 0. The average molecular weight is 482 g/mol. The number of pyridine rings is 1. The van der Waals surface area contributed by atoms with E-state index < -0.39 is 34.6 Å². The van der Waals surface area contributed by atoms with Gasteiger partial charge in [0, 0.05) is 6.20 Å². The summed E-state index contributed by atoms with van der Waals surface area (Å²) in [6.07, 6.45) is -1.84. The molecule has 0 radical (unpaired) electrons. The van der Waals surface area contributed by atoms with Crippen molar-refractivity contribution in [1.29, 1.82) is 0 Å². The Morgan fingerprint density at radius 3 is 2.42 bits per heavy atom. The van der Waals surface area contributed by atoms with Crippen LogP contribution in [0.5, 0.6) is 11.6 Å². The average Bonchev–Trinajstić information content (AvgIpc) is 3.52. The van der Waals surface area contributed by atoms with E-state index >= 15 is 0 Å². The first-order valence-corrected chi connectivity index (χ1v) is 10.8. The van der Waals surface area contributed by atoms with Crippen LogP contribution in [-0.4, -0.2) is 27.1 Å². The third-order valence-corrected chi connectivity index (χ3v) is 5.95. The quantitative estimate of drug-likeness (QED) is 0.517. The number of aromatic nitrogens is 1. The second-order valence-corrected chi connectivity index (χ2v) is 9.74. The standard InChI is InChI=1S/C24H23ClF3NO4/c1-22(2)19(30)18(20(31)23(3,4)33-22)16-10-14(7-8-15(16)12-5-6-12)32-21-17(24(26,27)28)9-13(25)11-29-21/h7-12,30H,5-6H2,1-4H3. The van der Waals surface area contributed by atoms with Gasteiger partial charge in [0.25, 0.3) is 0 Å². The van der Waals surface area contributed by atoms with E-state index in [1.165, 1.54) is 12.1 Å². The Morgan fingerprint density at radius 1 is 1.15 bits per heavy atom. The minimum atomic E-state index is -4.73. The zero-order chi connectivity index (χ0) is 24.3. The molecule has 33 heavy (non-hydrogen) atoms. The molecule has 9 heteroatoms. The van der Waals surface area contributed by atoms with Gasteiger partial charge >= 0.3 is 6.18 Å². The first-order chi connectivity index (χ1) is 15.2. The van der Waals surface area contributed by atoms with Crippen molar-refractivity contribution in [3.05, 3.63) is 57.9 Å². The molecule has 1 aromatic heterocycles. The Morgan fingerprint density at radius 2 is 1.82 bits per heavy atom. The zero-order valence-electron chi connectivity index (χ0n) is 18.5. The van der Waals surface area contributed by atoms with Gasteiger partial charge in [0.15, 0.2) is 5.78 Å². The van der Waals surface area contributed by atoms with E-state index in [0.717, 1.165) is 30.7 Å². The summed E-state index contributed by atoms with van der Waals surface area (Å²) >= 11 is 5.70. The topological polar surface area (TPSA) is 68.7 Å². The predicted octanol–water partition coefficient (Wildman–Crippen LogP) is 6.85. The molecule has 5 nitrogen and oxygen atoms in total. The number of ketones is 1. The summed E-state index contributed by atoms with van der Waals surface area (Å²) < 4.78 is 51.7. The molecule has 1 fully saturated rings. The van der Waals surface area contributed by atoms with Gasteiger partial charge in [0.1, 0.15) is 28.3 Å².